The first-order valence-electron chi connectivity index (χ1n) is 13.5. The Morgan fingerprint density at radius 2 is 1.70 bits per heavy atom. The van der Waals surface area contributed by atoms with E-state index in [9.17, 15) is 9.90 Å². The number of benzene rings is 1. The number of hydrogen-bond donors (Lipinski definition) is 1. The number of likely N-dealkylation sites (tertiary alicyclic amines) is 1. The summed E-state index contributed by atoms with van der Waals surface area (Å²) in [6.07, 6.45) is 13.6. The lowest BCUT2D eigenvalue weighted by Gasteiger charge is -2.35. The standard InChI is InChI=1S/C28H41NO4/c30-26(28(31)14-2-1-3-15-28)19-22-9-7-21(8-10-22)11-16-29-17-12-23(13-18-29)24-5-4-6-25-27(24)33-20-32-25/h4-6,21-23,31H,1-3,7-20H2. The average Bonchev–Trinajstić information content (AvgIpc) is 3.34. The van der Waals surface area contributed by atoms with Gasteiger partial charge in [0.15, 0.2) is 17.3 Å². The molecule has 5 rings (SSSR count). The molecule has 5 nitrogen and oxygen atoms in total. The fraction of sp³-hybridized carbons (Fsp3) is 0.750. The highest BCUT2D eigenvalue weighted by molar-refractivity contribution is 5.87. The number of fused-ring (bicyclic) bond motifs is 1. The molecule has 5 heteroatoms. The smallest absolute Gasteiger partial charge is 0.231 e. The van der Waals surface area contributed by atoms with Crippen molar-refractivity contribution < 1.29 is 19.4 Å². The van der Waals surface area contributed by atoms with Gasteiger partial charge in [-0.05, 0) is 88.4 Å². The number of carbonyl (C=O) groups is 1. The number of nitrogens with zero attached hydrogens (tertiary/aromatic N) is 1. The van der Waals surface area contributed by atoms with Crippen LogP contribution in [0.3, 0.4) is 0 Å². The first-order chi connectivity index (χ1) is 16.1. The molecule has 0 radical (unpaired) electrons. The molecular weight excluding hydrogens is 414 g/mol. The molecular formula is C28H41NO4. The monoisotopic (exact) mass is 455 g/mol. The molecule has 0 bridgehead atoms. The lowest BCUT2D eigenvalue weighted by atomic mass is 9.74. The van der Waals surface area contributed by atoms with E-state index in [1.165, 1.54) is 44.2 Å². The first kappa shape index (κ1) is 23.2. The van der Waals surface area contributed by atoms with Gasteiger partial charge in [-0.25, -0.2) is 0 Å². The van der Waals surface area contributed by atoms with Crippen LogP contribution in [0, 0.1) is 11.8 Å². The van der Waals surface area contributed by atoms with Crippen LogP contribution in [0.25, 0.3) is 0 Å². The van der Waals surface area contributed by atoms with Gasteiger partial charge in [-0.1, -0.05) is 44.2 Å². The normalized spacial score (nSPS) is 28.0. The summed E-state index contributed by atoms with van der Waals surface area (Å²) in [5, 5.41) is 10.7. The summed E-state index contributed by atoms with van der Waals surface area (Å²) in [6, 6.07) is 6.31. The van der Waals surface area contributed by atoms with Crippen LogP contribution in [0.1, 0.15) is 95.0 Å². The minimum atomic E-state index is -1.000. The predicted octanol–water partition coefficient (Wildman–Crippen LogP) is 5.45. The Bertz CT molecular complexity index is 802. The second-order valence-electron chi connectivity index (χ2n) is 11.1. The Morgan fingerprint density at radius 1 is 0.970 bits per heavy atom. The van der Waals surface area contributed by atoms with Gasteiger partial charge in [-0.15, -0.1) is 0 Å². The Hall–Kier alpha value is -1.59. The summed E-state index contributed by atoms with van der Waals surface area (Å²) in [5.74, 6) is 3.88. The van der Waals surface area contributed by atoms with Gasteiger partial charge < -0.3 is 19.5 Å². The van der Waals surface area contributed by atoms with Gasteiger partial charge in [0.05, 0.1) is 0 Å². The highest BCUT2D eigenvalue weighted by Gasteiger charge is 2.38. The number of piperidine rings is 1. The van der Waals surface area contributed by atoms with Crippen molar-refractivity contribution in [2.45, 2.75) is 95.0 Å². The molecule has 3 fully saturated rings. The van der Waals surface area contributed by atoms with Gasteiger partial charge in [0.2, 0.25) is 6.79 Å². The molecule has 2 saturated carbocycles. The number of aliphatic hydroxyl groups is 1. The molecule has 0 aromatic heterocycles. The predicted molar refractivity (Wildman–Crippen MR) is 129 cm³/mol. The number of Topliss-reactive ketones (excluding diaryl/α,β-unsaturated/α-hetero) is 1. The molecule has 2 aliphatic heterocycles. The van der Waals surface area contributed by atoms with Crippen molar-refractivity contribution >= 4 is 5.78 Å². The quantitative estimate of drug-likeness (QED) is 0.593. The number of rotatable bonds is 7. The van der Waals surface area contributed by atoms with Crippen molar-refractivity contribution in [2.75, 3.05) is 26.4 Å². The number of hydrogen-bond acceptors (Lipinski definition) is 5. The summed E-state index contributed by atoms with van der Waals surface area (Å²) < 4.78 is 11.3. The van der Waals surface area contributed by atoms with Gasteiger partial charge in [0.1, 0.15) is 5.60 Å². The van der Waals surface area contributed by atoms with Crippen LogP contribution in [0.15, 0.2) is 18.2 Å². The molecule has 2 aliphatic carbocycles. The minimum Gasteiger partial charge on any atom is -0.454 e. The fourth-order valence-electron chi connectivity index (χ4n) is 6.70. The third kappa shape index (κ3) is 5.40. The van der Waals surface area contributed by atoms with E-state index >= 15 is 0 Å². The zero-order valence-electron chi connectivity index (χ0n) is 20.1. The van der Waals surface area contributed by atoms with Gasteiger partial charge in [0.25, 0.3) is 0 Å². The molecule has 1 N–H and O–H groups in total. The maximum Gasteiger partial charge on any atom is 0.231 e. The zero-order chi connectivity index (χ0) is 22.7. The van der Waals surface area contributed by atoms with Crippen LogP contribution in [-0.4, -0.2) is 47.8 Å². The van der Waals surface area contributed by atoms with E-state index < -0.39 is 5.60 Å². The van der Waals surface area contributed by atoms with Crippen molar-refractivity contribution in [3.05, 3.63) is 23.8 Å². The Morgan fingerprint density at radius 3 is 2.45 bits per heavy atom. The van der Waals surface area contributed by atoms with Crippen LogP contribution in [0.4, 0.5) is 0 Å². The highest BCUT2D eigenvalue weighted by atomic mass is 16.7. The van der Waals surface area contributed by atoms with Crippen LogP contribution in [-0.2, 0) is 4.79 Å². The number of ketones is 1. The molecule has 4 aliphatic rings. The Balaban J connectivity index is 1.01. The van der Waals surface area contributed by atoms with Crippen LogP contribution >= 0.6 is 0 Å². The van der Waals surface area contributed by atoms with Crippen LogP contribution in [0.2, 0.25) is 0 Å². The minimum absolute atomic E-state index is 0.134. The largest absolute Gasteiger partial charge is 0.454 e. The van der Waals surface area contributed by atoms with Crippen molar-refractivity contribution in [3.63, 3.8) is 0 Å². The van der Waals surface area contributed by atoms with Crippen molar-refractivity contribution in [2.24, 2.45) is 11.8 Å². The van der Waals surface area contributed by atoms with Gasteiger partial charge >= 0.3 is 0 Å². The van der Waals surface area contributed by atoms with Gasteiger partial charge in [0, 0.05) is 12.0 Å². The molecule has 0 spiro atoms. The first-order valence-corrected chi connectivity index (χ1v) is 13.5. The summed E-state index contributed by atoms with van der Waals surface area (Å²) in [7, 11) is 0. The summed E-state index contributed by atoms with van der Waals surface area (Å²) in [5.41, 5.74) is 0.329. The van der Waals surface area contributed by atoms with Crippen molar-refractivity contribution in [1.29, 1.82) is 0 Å². The third-order valence-electron chi connectivity index (χ3n) is 8.95. The zero-order valence-corrected chi connectivity index (χ0v) is 20.1. The maximum atomic E-state index is 12.7. The second kappa shape index (κ2) is 10.4. The molecule has 33 heavy (non-hydrogen) atoms. The summed E-state index contributed by atoms with van der Waals surface area (Å²) in [6.45, 7) is 3.88. The summed E-state index contributed by atoms with van der Waals surface area (Å²) in [4.78, 5) is 15.4. The van der Waals surface area contributed by atoms with E-state index in [1.54, 1.807) is 0 Å². The molecule has 1 aromatic rings. The molecule has 0 atom stereocenters. The number of para-hydroxylation sites is 1. The molecule has 1 saturated heterocycles. The molecule has 182 valence electrons. The molecule has 0 amide bonds. The molecule has 2 heterocycles. The molecule has 1 aromatic carbocycles. The SMILES string of the molecule is O=C(CC1CCC(CCN2CCC(c3cccc4c3OCO4)CC2)CC1)C1(O)CCCCC1. The lowest BCUT2D eigenvalue weighted by Crippen LogP contribution is -2.41. The van der Waals surface area contributed by atoms with E-state index in [2.05, 4.69) is 17.0 Å². The van der Waals surface area contributed by atoms with Crippen molar-refractivity contribution in [1.82, 2.24) is 4.90 Å². The number of ether oxygens (including phenoxy) is 2. The van der Waals surface area contributed by atoms with Crippen LogP contribution in [0.5, 0.6) is 11.5 Å². The van der Waals surface area contributed by atoms with Gasteiger partial charge in [-0.2, -0.15) is 0 Å². The number of carbonyl (C=O) groups excluding carboxylic acids is 1. The highest BCUT2D eigenvalue weighted by Crippen LogP contribution is 2.42. The van der Waals surface area contributed by atoms with E-state index in [1.807, 2.05) is 6.07 Å². The van der Waals surface area contributed by atoms with E-state index in [4.69, 9.17) is 9.47 Å². The van der Waals surface area contributed by atoms with E-state index in [0.717, 1.165) is 62.6 Å². The van der Waals surface area contributed by atoms with E-state index in [-0.39, 0.29) is 5.78 Å². The van der Waals surface area contributed by atoms with Gasteiger partial charge in [-0.3, -0.25) is 4.79 Å². The Labute approximate surface area is 198 Å². The topological polar surface area (TPSA) is 59.0 Å². The third-order valence-corrected chi connectivity index (χ3v) is 8.95. The maximum absolute atomic E-state index is 12.7. The fourth-order valence-corrected chi connectivity index (χ4v) is 6.70. The second-order valence-corrected chi connectivity index (χ2v) is 11.1. The van der Waals surface area contributed by atoms with Crippen molar-refractivity contribution in [3.8, 4) is 11.5 Å². The average molecular weight is 456 g/mol. The Kier molecular flexibility index (Phi) is 7.27. The molecule has 0 unspecified atom stereocenters. The summed E-state index contributed by atoms with van der Waals surface area (Å²) >= 11 is 0. The lowest BCUT2D eigenvalue weighted by molar-refractivity contribution is -0.141. The van der Waals surface area contributed by atoms with E-state index in [0.29, 0.717) is 37.9 Å². The van der Waals surface area contributed by atoms with Crippen LogP contribution < -0.4 is 9.47 Å².